The van der Waals surface area contributed by atoms with E-state index in [1.165, 1.54) is 0 Å². The Hall–Kier alpha value is -1.52. The minimum atomic E-state index is 0.314. The molecule has 0 radical (unpaired) electrons. The second kappa shape index (κ2) is 2.76. The SMILES string of the molecule is CC1CN(C)c2cnc(N)nc2N1. The van der Waals surface area contributed by atoms with E-state index in [4.69, 9.17) is 5.73 Å². The Morgan fingerprint density at radius 2 is 2.46 bits per heavy atom. The maximum Gasteiger partial charge on any atom is 0.222 e. The highest BCUT2D eigenvalue weighted by Gasteiger charge is 2.19. The van der Waals surface area contributed by atoms with E-state index in [1.54, 1.807) is 6.20 Å². The van der Waals surface area contributed by atoms with Gasteiger partial charge < -0.3 is 16.0 Å². The third-order valence-corrected chi connectivity index (χ3v) is 2.13. The van der Waals surface area contributed by atoms with Gasteiger partial charge in [-0.2, -0.15) is 4.98 Å². The van der Waals surface area contributed by atoms with E-state index < -0.39 is 0 Å². The van der Waals surface area contributed by atoms with E-state index >= 15 is 0 Å². The number of hydrogen-bond acceptors (Lipinski definition) is 5. The molecule has 1 aliphatic heterocycles. The van der Waals surface area contributed by atoms with Crippen molar-refractivity contribution in [3.8, 4) is 0 Å². The topological polar surface area (TPSA) is 67.1 Å². The lowest BCUT2D eigenvalue weighted by atomic mass is 10.2. The Morgan fingerprint density at radius 1 is 1.69 bits per heavy atom. The second-order valence-corrected chi connectivity index (χ2v) is 3.39. The lowest BCUT2D eigenvalue weighted by Gasteiger charge is -2.31. The van der Waals surface area contributed by atoms with E-state index in [9.17, 15) is 0 Å². The molecular weight excluding hydrogens is 166 g/mol. The van der Waals surface area contributed by atoms with Gasteiger partial charge in [-0.3, -0.25) is 0 Å². The van der Waals surface area contributed by atoms with Gasteiger partial charge in [0.25, 0.3) is 0 Å². The fourth-order valence-corrected chi connectivity index (χ4v) is 1.56. The molecule has 0 bridgehead atoms. The summed E-state index contributed by atoms with van der Waals surface area (Å²) in [5.41, 5.74) is 6.50. The lowest BCUT2D eigenvalue weighted by molar-refractivity contribution is 0.728. The number of aromatic nitrogens is 2. The van der Waals surface area contributed by atoms with Crippen molar-refractivity contribution in [1.29, 1.82) is 0 Å². The molecule has 0 aliphatic carbocycles. The molecule has 1 aromatic heterocycles. The summed E-state index contributed by atoms with van der Waals surface area (Å²) < 4.78 is 0. The van der Waals surface area contributed by atoms with Gasteiger partial charge >= 0.3 is 0 Å². The number of hydrogen-bond donors (Lipinski definition) is 2. The Balaban J connectivity index is 2.43. The molecule has 1 aliphatic rings. The number of nitrogens with two attached hydrogens (primary N) is 1. The van der Waals surface area contributed by atoms with Crippen LogP contribution < -0.4 is 16.0 Å². The minimum Gasteiger partial charge on any atom is -0.368 e. The van der Waals surface area contributed by atoms with Crippen LogP contribution in [0.4, 0.5) is 17.5 Å². The van der Waals surface area contributed by atoms with Crippen LogP contribution in [0, 0.1) is 0 Å². The standard InChI is InChI=1S/C8H13N5/c1-5-4-13(2)6-3-10-8(9)12-7(6)11-5/h3,5H,4H2,1-2H3,(H3,9,10,11,12). The van der Waals surface area contributed by atoms with Gasteiger partial charge in [0.05, 0.1) is 11.9 Å². The predicted octanol–water partition coefficient (Wildman–Crippen LogP) is 0.309. The molecule has 2 rings (SSSR count). The number of nitrogens with zero attached hydrogens (tertiary/aromatic N) is 3. The minimum absolute atomic E-state index is 0.314. The Kier molecular flexibility index (Phi) is 1.72. The molecule has 5 heteroatoms. The molecule has 0 saturated heterocycles. The summed E-state index contributed by atoms with van der Waals surface area (Å²) in [6.07, 6.45) is 1.75. The van der Waals surface area contributed by atoms with Gasteiger partial charge in [0.15, 0.2) is 5.82 Å². The lowest BCUT2D eigenvalue weighted by Crippen LogP contribution is -2.38. The fraction of sp³-hybridized carbons (Fsp3) is 0.500. The Labute approximate surface area is 77.0 Å². The van der Waals surface area contributed by atoms with Crippen molar-refractivity contribution in [2.24, 2.45) is 0 Å². The molecule has 5 nitrogen and oxygen atoms in total. The van der Waals surface area contributed by atoms with Crippen LogP contribution in [-0.2, 0) is 0 Å². The number of fused-ring (bicyclic) bond motifs is 1. The zero-order valence-corrected chi connectivity index (χ0v) is 7.78. The second-order valence-electron chi connectivity index (χ2n) is 3.39. The van der Waals surface area contributed by atoms with Crippen LogP contribution in [0.25, 0.3) is 0 Å². The monoisotopic (exact) mass is 179 g/mol. The summed E-state index contributed by atoms with van der Waals surface area (Å²) in [6, 6.07) is 0.395. The van der Waals surface area contributed by atoms with Gasteiger partial charge in [0, 0.05) is 19.6 Å². The van der Waals surface area contributed by atoms with Gasteiger partial charge in [-0.15, -0.1) is 0 Å². The fourth-order valence-electron chi connectivity index (χ4n) is 1.56. The first kappa shape index (κ1) is 8.10. The van der Waals surface area contributed by atoms with Crippen molar-refractivity contribution in [1.82, 2.24) is 9.97 Å². The van der Waals surface area contributed by atoms with Gasteiger partial charge in [-0.1, -0.05) is 0 Å². The van der Waals surface area contributed by atoms with Crippen molar-refractivity contribution < 1.29 is 0 Å². The van der Waals surface area contributed by atoms with E-state index in [2.05, 4.69) is 27.1 Å². The average Bonchev–Trinajstić information content (AvgIpc) is 2.02. The number of anilines is 3. The third kappa shape index (κ3) is 1.37. The van der Waals surface area contributed by atoms with E-state index in [0.29, 0.717) is 12.0 Å². The van der Waals surface area contributed by atoms with Crippen molar-refractivity contribution in [3.63, 3.8) is 0 Å². The molecule has 1 unspecified atom stereocenters. The summed E-state index contributed by atoms with van der Waals surface area (Å²) in [6.45, 7) is 3.07. The highest BCUT2D eigenvalue weighted by molar-refractivity contribution is 5.68. The van der Waals surface area contributed by atoms with Crippen LogP contribution in [0.5, 0.6) is 0 Å². The normalized spacial score (nSPS) is 20.8. The van der Waals surface area contributed by atoms with E-state index in [-0.39, 0.29) is 0 Å². The summed E-state index contributed by atoms with van der Waals surface area (Å²) in [5.74, 6) is 1.14. The van der Waals surface area contributed by atoms with Crippen molar-refractivity contribution in [3.05, 3.63) is 6.20 Å². The first-order valence-electron chi connectivity index (χ1n) is 4.27. The predicted molar refractivity (Wildman–Crippen MR) is 52.8 cm³/mol. The van der Waals surface area contributed by atoms with Gasteiger partial charge in [0.1, 0.15) is 0 Å². The Morgan fingerprint density at radius 3 is 3.23 bits per heavy atom. The van der Waals surface area contributed by atoms with Gasteiger partial charge in [-0.25, -0.2) is 4.98 Å². The summed E-state index contributed by atoms with van der Waals surface area (Å²) in [7, 11) is 2.02. The first-order chi connectivity index (χ1) is 6.16. The smallest absolute Gasteiger partial charge is 0.222 e. The van der Waals surface area contributed by atoms with Crippen LogP contribution in [0.15, 0.2) is 6.20 Å². The van der Waals surface area contributed by atoms with E-state index in [0.717, 1.165) is 18.1 Å². The maximum atomic E-state index is 5.49. The quantitative estimate of drug-likeness (QED) is 0.600. The molecule has 0 spiro atoms. The zero-order valence-electron chi connectivity index (χ0n) is 7.78. The van der Waals surface area contributed by atoms with Crippen LogP contribution in [0.2, 0.25) is 0 Å². The van der Waals surface area contributed by atoms with Gasteiger partial charge in [-0.05, 0) is 6.92 Å². The molecular formula is C8H13N5. The zero-order chi connectivity index (χ0) is 9.42. The van der Waals surface area contributed by atoms with Crippen LogP contribution in [-0.4, -0.2) is 29.6 Å². The Bertz CT molecular complexity index is 324. The van der Waals surface area contributed by atoms with Crippen molar-refractivity contribution >= 4 is 17.5 Å². The number of nitrogen functional groups attached to an aromatic ring is 1. The van der Waals surface area contributed by atoms with Gasteiger partial charge in [0.2, 0.25) is 5.95 Å². The largest absolute Gasteiger partial charge is 0.368 e. The molecule has 2 heterocycles. The molecule has 1 atom stereocenters. The molecule has 3 N–H and O–H groups in total. The highest BCUT2D eigenvalue weighted by atomic mass is 15.2. The molecule has 0 saturated carbocycles. The maximum absolute atomic E-state index is 5.49. The van der Waals surface area contributed by atoms with Crippen LogP contribution >= 0.6 is 0 Å². The van der Waals surface area contributed by atoms with Crippen molar-refractivity contribution in [2.45, 2.75) is 13.0 Å². The average molecular weight is 179 g/mol. The summed E-state index contributed by atoms with van der Waals surface area (Å²) in [5, 5.41) is 3.26. The van der Waals surface area contributed by atoms with E-state index in [1.807, 2.05) is 7.05 Å². The molecule has 1 aromatic rings. The molecule has 70 valence electrons. The van der Waals surface area contributed by atoms with Crippen molar-refractivity contribution in [2.75, 3.05) is 29.5 Å². The highest BCUT2D eigenvalue weighted by Crippen LogP contribution is 2.26. The molecule has 0 aromatic carbocycles. The number of rotatable bonds is 0. The first-order valence-corrected chi connectivity index (χ1v) is 4.27. The molecule has 0 fully saturated rings. The number of likely N-dealkylation sites (N-methyl/N-ethyl adjacent to an activating group) is 1. The molecule has 13 heavy (non-hydrogen) atoms. The van der Waals surface area contributed by atoms with Crippen LogP contribution in [0.3, 0.4) is 0 Å². The molecule has 0 amide bonds. The third-order valence-electron chi connectivity index (χ3n) is 2.13. The number of nitrogens with one attached hydrogen (secondary N) is 1. The summed E-state index contributed by atoms with van der Waals surface area (Å²) in [4.78, 5) is 10.2. The summed E-state index contributed by atoms with van der Waals surface area (Å²) >= 11 is 0. The van der Waals surface area contributed by atoms with Crippen LogP contribution in [0.1, 0.15) is 6.92 Å².